The highest BCUT2D eigenvalue weighted by Crippen LogP contribution is 2.26. The molecule has 0 spiro atoms. The van der Waals surface area contributed by atoms with Crippen LogP contribution in [-0.2, 0) is 4.74 Å². The van der Waals surface area contributed by atoms with E-state index in [-0.39, 0.29) is 35.6 Å². The molecule has 4 nitrogen and oxygen atoms in total. The molecule has 2 rings (SSSR count). The van der Waals surface area contributed by atoms with Gasteiger partial charge in [0.2, 0.25) is 0 Å². The summed E-state index contributed by atoms with van der Waals surface area (Å²) in [5, 5.41) is -0.0490. The van der Waals surface area contributed by atoms with Gasteiger partial charge in [0, 0.05) is 6.20 Å². The van der Waals surface area contributed by atoms with Crippen molar-refractivity contribution >= 4 is 17.7 Å². The monoisotopic (exact) mass is 339 g/mol. The number of nitrogens with zero attached hydrogens (tertiary/aromatic N) is 1. The second kappa shape index (κ2) is 8.47. The van der Waals surface area contributed by atoms with Crippen LogP contribution in [0.2, 0.25) is 0 Å². The van der Waals surface area contributed by atoms with Crippen LogP contribution in [0.5, 0.6) is 5.75 Å². The summed E-state index contributed by atoms with van der Waals surface area (Å²) in [6, 6.07) is 10.4. The molecule has 0 N–H and O–H groups in total. The third-order valence-electron chi connectivity index (χ3n) is 2.77. The van der Waals surface area contributed by atoms with Gasteiger partial charge in [-0.2, -0.15) is 8.78 Å². The molecule has 0 radical (unpaired) electrons. The van der Waals surface area contributed by atoms with Crippen molar-refractivity contribution in [3.8, 4) is 5.75 Å². The summed E-state index contributed by atoms with van der Waals surface area (Å²) in [6.45, 7) is 2.13. The van der Waals surface area contributed by atoms with Crippen LogP contribution in [-0.4, -0.2) is 29.9 Å². The van der Waals surface area contributed by atoms with Crippen LogP contribution in [0.25, 0.3) is 0 Å². The first-order valence-electron chi connectivity index (χ1n) is 6.82. The van der Waals surface area contributed by atoms with Crippen molar-refractivity contribution in [2.45, 2.75) is 17.7 Å². The molecule has 0 aliphatic heterocycles. The van der Waals surface area contributed by atoms with Gasteiger partial charge < -0.3 is 9.47 Å². The van der Waals surface area contributed by atoms with Gasteiger partial charge in [-0.1, -0.05) is 12.1 Å². The Balaban J connectivity index is 1.85. The van der Waals surface area contributed by atoms with Crippen molar-refractivity contribution in [3.63, 3.8) is 0 Å². The highest BCUT2D eigenvalue weighted by Gasteiger charge is 2.17. The second-order valence-electron chi connectivity index (χ2n) is 4.54. The zero-order valence-electron chi connectivity index (χ0n) is 12.4. The van der Waals surface area contributed by atoms with Crippen LogP contribution in [0.4, 0.5) is 8.78 Å². The van der Waals surface area contributed by atoms with E-state index in [9.17, 15) is 13.6 Å². The van der Waals surface area contributed by atoms with E-state index in [1.54, 1.807) is 6.07 Å². The molecule has 0 aliphatic rings. The molecule has 0 bridgehead atoms. The van der Waals surface area contributed by atoms with Gasteiger partial charge in [-0.05, 0) is 48.5 Å². The minimum atomic E-state index is -2.65. The molecule has 0 aliphatic carbocycles. The Bertz CT molecular complexity index is 667. The fourth-order valence-electron chi connectivity index (χ4n) is 1.80. The first-order valence-corrected chi connectivity index (χ1v) is 7.70. The third kappa shape index (κ3) is 5.52. The third-order valence-corrected chi connectivity index (χ3v) is 3.49. The largest absolute Gasteiger partial charge is 0.490 e. The quantitative estimate of drug-likeness (QED) is 0.434. The van der Waals surface area contributed by atoms with Gasteiger partial charge in [-0.3, -0.25) is 0 Å². The Morgan fingerprint density at radius 2 is 2.09 bits per heavy atom. The number of aryl methyl sites for hydroxylation is 1. The smallest absolute Gasteiger partial charge is 0.341 e. The van der Waals surface area contributed by atoms with Crippen molar-refractivity contribution < 1.29 is 23.0 Å². The predicted octanol–water partition coefficient (Wildman–Crippen LogP) is 3.94. The first-order chi connectivity index (χ1) is 11.1. The number of benzene rings is 1. The molecule has 0 fully saturated rings. The van der Waals surface area contributed by atoms with E-state index < -0.39 is 11.7 Å². The lowest BCUT2D eigenvalue weighted by atomic mass is 10.2. The van der Waals surface area contributed by atoms with Crippen LogP contribution in [0.1, 0.15) is 15.9 Å². The number of pyridine rings is 1. The minimum Gasteiger partial charge on any atom is -0.490 e. The number of carbonyl (C=O) groups is 1. The topological polar surface area (TPSA) is 48.4 Å². The summed E-state index contributed by atoms with van der Waals surface area (Å²) in [6.07, 6.45) is 1.35. The lowest BCUT2D eigenvalue weighted by molar-refractivity contribution is 0.0445. The van der Waals surface area contributed by atoms with Gasteiger partial charge in [0.05, 0.1) is 5.56 Å². The average Bonchev–Trinajstić information content (AvgIpc) is 2.51. The number of thioether (sulfide) groups is 1. The molecule has 7 heteroatoms. The van der Waals surface area contributed by atoms with E-state index in [2.05, 4.69) is 4.98 Å². The maximum Gasteiger partial charge on any atom is 0.341 e. The second-order valence-corrected chi connectivity index (χ2v) is 5.51. The number of esters is 1. The van der Waals surface area contributed by atoms with Crippen LogP contribution in [0.3, 0.4) is 0 Å². The summed E-state index contributed by atoms with van der Waals surface area (Å²) in [5.41, 5.74) is 1.08. The Morgan fingerprint density at radius 1 is 1.26 bits per heavy atom. The van der Waals surface area contributed by atoms with Crippen molar-refractivity contribution in [1.29, 1.82) is 0 Å². The van der Waals surface area contributed by atoms with E-state index in [1.165, 1.54) is 18.3 Å². The number of hydrogen-bond acceptors (Lipinski definition) is 5. The molecular weight excluding hydrogens is 324 g/mol. The molecule has 1 aromatic carbocycles. The molecule has 1 heterocycles. The zero-order valence-corrected chi connectivity index (χ0v) is 13.2. The van der Waals surface area contributed by atoms with Gasteiger partial charge in [0.15, 0.2) is 0 Å². The minimum absolute atomic E-state index is 0.0143. The van der Waals surface area contributed by atoms with E-state index in [1.807, 2.05) is 25.1 Å². The van der Waals surface area contributed by atoms with Crippen LogP contribution >= 0.6 is 11.8 Å². The van der Waals surface area contributed by atoms with E-state index in [0.717, 1.165) is 5.56 Å². The number of alkyl halides is 2. The molecule has 2 aromatic rings. The lowest BCUT2D eigenvalue weighted by Crippen LogP contribution is -2.13. The van der Waals surface area contributed by atoms with Crippen molar-refractivity contribution in [2.24, 2.45) is 0 Å². The highest BCUT2D eigenvalue weighted by molar-refractivity contribution is 7.99. The molecule has 23 heavy (non-hydrogen) atoms. The zero-order chi connectivity index (χ0) is 16.7. The van der Waals surface area contributed by atoms with Crippen LogP contribution < -0.4 is 4.74 Å². The standard InChI is InChI=1S/C16H15F2NO3S/c1-11-4-2-5-12(10-11)21-8-9-22-15(20)13-6-3-7-19-14(13)23-16(17)18/h2-7,10,16H,8-9H2,1H3. The van der Waals surface area contributed by atoms with E-state index in [0.29, 0.717) is 5.75 Å². The summed E-state index contributed by atoms with van der Waals surface area (Å²) in [4.78, 5) is 15.7. The van der Waals surface area contributed by atoms with Gasteiger partial charge in [-0.15, -0.1) is 0 Å². The maximum absolute atomic E-state index is 12.4. The van der Waals surface area contributed by atoms with Gasteiger partial charge >= 0.3 is 5.97 Å². The average molecular weight is 339 g/mol. The van der Waals surface area contributed by atoms with Gasteiger partial charge in [0.1, 0.15) is 24.0 Å². The van der Waals surface area contributed by atoms with Crippen molar-refractivity contribution in [3.05, 3.63) is 53.7 Å². The number of aromatic nitrogens is 1. The molecule has 0 saturated carbocycles. The van der Waals surface area contributed by atoms with Crippen LogP contribution in [0, 0.1) is 6.92 Å². The number of rotatable bonds is 7. The Labute approximate surface area is 136 Å². The number of ether oxygens (including phenoxy) is 2. The van der Waals surface area contributed by atoms with E-state index >= 15 is 0 Å². The predicted molar refractivity (Wildman–Crippen MR) is 83.1 cm³/mol. The molecule has 0 amide bonds. The molecule has 0 saturated heterocycles. The van der Waals surface area contributed by atoms with Gasteiger partial charge in [0.25, 0.3) is 5.76 Å². The Hall–Kier alpha value is -2.15. The Kier molecular flexibility index (Phi) is 6.34. The molecular formula is C16H15F2NO3S. The van der Waals surface area contributed by atoms with Crippen molar-refractivity contribution in [1.82, 2.24) is 4.98 Å². The summed E-state index contributed by atoms with van der Waals surface area (Å²) < 4.78 is 35.4. The fourth-order valence-corrected chi connectivity index (χ4v) is 2.37. The maximum atomic E-state index is 12.4. The number of hydrogen-bond donors (Lipinski definition) is 0. The number of carbonyl (C=O) groups excluding carboxylic acids is 1. The SMILES string of the molecule is Cc1cccc(OCCOC(=O)c2cccnc2SC(F)F)c1. The Morgan fingerprint density at radius 3 is 2.83 bits per heavy atom. The number of halogens is 2. The van der Waals surface area contributed by atoms with Crippen molar-refractivity contribution in [2.75, 3.05) is 13.2 Å². The van der Waals surface area contributed by atoms with E-state index in [4.69, 9.17) is 9.47 Å². The first kappa shape index (κ1) is 17.2. The summed E-state index contributed by atoms with van der Waals surface area (Å²) in [5.74, 6) is -2.67. The highest BCUT2D eigenvalue weighted by atomic mass is 32.2. The molecule has 122 valence electrons. The molecule has 0 atom stereocenters. The summed E-state index contributed by atoms with van der Waals surface area (Å²) >= 11 is 0.215. The van der Waals surface area contributed by atoms with Crippen LogP contribution in [0.15, 0.2) is 47.6 Å². The molecule has 0 unspecified atom stereocenters. The van der Waals surface area contributed by atoms with Gasteiger partial charge in [-0.25, -0.2) is 9.78 Å². The summed E-state index contributed by atoms with van der Waals surface area (Å²) in [7, 11) is 0. The lowest BCUT2D eigenvalue weighted by Gasteiger charge is -2.09. The molecule has 1 aromatic heterocycles. The normalized spacial score (nSPS) is 10.6. The fraction of sp³-hybridized carbons (Fsp3) is 0.250.